The van der Waals surface area contributed by atoms with Gasteiger partial charge in [-0.15, -0.1) is 5.10 Å². The predicted molar refractivity (Wildman–Crippen MR) is 116 cm³/mol. The highest BCUT2D eigenvalue weighted by Crippen LogP contribution is 2.39. The quantitative estimate of drug-likeness (QED) is 0.531. The second kappa shape index (κ2) is 8.29. The Morgan fingerprint density at radius 2 is 2.07 bits per heavy atom. The van der Waals surface area contributed by atoms with Gasteiger partial charge in [0.2, 0.25) is 17.0 Å². The van der Waals surface area contributed by atoms with Gasteiger partial charge in [0.05, 0.1) is 5.57 Å². The number of amides is 1. The van der Waals surface area contributed by atoms with Crippen molar-refractivity contribution in [1.82, 2.24) is 14.8 Å². The number of aromatic nitrogens is 3. The van der Waals surface area contributed by atoms with Gasteiger partial charge in [-0.3, -0.25) is 4.79 Å². The standard InChI is InChI=1S/C20H16Cl2FN5OS/c1-10-16(18(24)29)17(13-7-6-12(21)8-14(13)22)28-19(25-10)26-20(27-28)30-9-11-4-2-3-5-15(11)23/h2-8,17H,9H2,1H3,(H2,24,29)(H,25,26,27). The van der Waals surface area contributed by atoms with Crippen molar-refractivity contribution in [2.24, 2.45) is 5.73 Å². The maximum absolute atomic E-state index is 13.9. The molecule has 3 aromatic rings. The third kappa shape index (κ3) is 3.90. The second-order valence-corrected chi connectivity index (χ2v) is 8.43. The van der Waals surface area contributed by atoms with Crippen molar-refractivity contribution in [1.29, 1.82) is 0 Å². The molecule has 0 saturated carbocycles. The Morgan fingerprint density at radius 3 is 2.77 bits per heavy atom. The molecule has 1 aromatic heterocycles. The van der Waals surface area contributed by atoms with E-state index in [-0.39, 0.29) is 5.82 Å². The number of primary amides is 1. The Kier molecular flexibility index (Phi) is 5.73. The number of benzene rings is 2. The summed E-state index contributed by atoms with van der Waals surface area (Å²) in [5, 5.41) is 8.87. The third-order valence-electron chi connectivity index (χ3n) is 4.67. The van der Waals surface area contributed by atoms with Crippen molar-refractivity contribution in [2.45, 2.75) is 23.9 Å². The summed E-state index contributed by atoms with van der Waals surface area (Å²) >= 11 is 13.7. The Balaban J connectivity index is 1.73. The summed E-state index contributed by atoms with van der Waals surface area (Å²) in [5.74, 6) is -0.0915. The van der Waals surface area contributed by atoms with E-state index in [1.54, 1.807) is 48.0 Å². The van der Waals surface area contributed by atoms with Gasteiger partial charge in [0.1, 0.15) is 11.9 Å². The van der Waals surface area contributed by atoms with E-state index in [0.717, 1.165) is 0 Å². The third-order valence-corrected chi connectivity index (χ3v) is 6.12. The van der Waals surface area contributed by atoms with Crippen molar-refractivity contribution >= 4 is 46.8 Å². The number of allylic oxidation sites excluding steroid dienone is 1. The zero-order valence-corrected chi connectivity index (χ0v) is 18.0. The van der Waals surface area contributed by atoms with E-state index in [4.69, 9.17) is 28.9 Å². The number of nitrogens with one attached hydrogen (secondary N) is 1. The second-order valence-electron chi connectivity index (χ2n) is 6.64. The molecule has 3 N–H and O–H groups in total. The van der Waals surface area contributed by atoms with Gasteiger partial charge in [0.25, 0.3) is 0 Å². The lowest BCUT2D eigenvalue weighted by Gasteiger charge is -2.28. The molecule has 2 heterocycles. The number of nitrogens with zero attached hydrogens (tertiary/aromatic N) is 3. The summed E-state index contributed by atoms with van der Waals surface area (Å²) in [4.78, 5) is 16.7. The van der Waals surface area contributed by atoms with Crippen LogP contribution in [0.15, 0.2) is 58.9 Å². The van der Waals surface area contributed by atoms with E-state index in [9.17, 15) is 9.18 Å². The number of fused-ring (bicyclic) bond motifs is 1. The lowest BCUT2D eigenvalue weighted by molar-refractivity contribution is -0.115. The van der Waals surface area contributed by atoms with Crippen LogP contribution in [-0.2, 0) is 10.5 Å². The first kappa shape index (κ1) is 20.7. The molecule has 10 heteroatoms. The van der Waals surface area contributed by atoms with Gasteiger partial charge in [0.15, 0.2) is 0 Å². The van der Waals surface area contributed by atoms with Crippen LogP contribution in [0.3, 0.4) is 0 Å². The van der Waals surface area contributed by atoms with Crippen LogP contribution in [0.5, 0.6) is 0 Å². The van der Waals surface area contributed by atoms with Crippen molar-refractivity contribution in [3.8, 4) is 0 Å². The highest BCUT2D eigenvalue weighted by Gasteiger charge is 2.34. The zero-order valence-electron chi connectivity index (χ0n) is 15.7. The monoisotopic (exact) mass is 463 g/mol. The first-order chi connectivity index (χ1) is 14.3. The molecule has 2 aromatic carbocycles. The van der Waals surface area contributed by atoms with Gasteiger partial charge in [-0.25, -0.2) is 9.07 Å². The lowest BCUT2D eigenvalue weighted by atomic mass is 9.95. The fourth-order valence-corrected chi connectivity index (χ4v) is 4.61. The van der Waals surface area contributed by atoms with Crippen LogP contribution >= 0.6 is 35.0 Å². The zero-order chi connectivity index (χ0) is 21.4. The molecule has 154 valence electrons. The minimum Gasteiger partial charge on any atom is -0.366 e. The van der Waals surface area contributed by atoms with Crippen molar-refractivity contribution in [2.75, 3.05) is 5.32 Å². The first-order valence-electron chi connectivity index (χ1n) is 8.90. The molecule has 6 nitrogen and oxygen atoms in total. The van der Waals surface area contributed by atoms with E-state index in [1.165, 1.54) is 17.8 Å². The number of anilines is 1. The maximum atomic E-state index is 13.9. The van der Waals surface area contributed by atoms with Crippen LogP contribution in [0.25, 0.3) is 0 Å². The van der Waals surface area contributed by atoms with Crippen molar-refractivity contribution < 1.29 is 9.18 Å². The Bertz CT molecular complexity index is 1180. The molecule has 0 saturated heterocycles. The Morgan fingerprint density at radius 1 is 1.30 bits per heavy atom. The topological polar surface area (TPSA) is 85.8 Å². The summed E-state index contributed by atoms with van der Waals surface area (Å²) in [7, 11) is 0. The molecule has 1 atom stereocenters. The molecule has 0 radical (unpaired) electrons. The summed E-state index contributed by atoms with van der Waals surface area (Å²) in [6.45, 7) is 1.74. The minimum atomic E-state index is -0.668. The van der Waals surface area contributed by atoms with Crippen LogP contribution in [0.4, 0.5) is 10.3 Å². The molecule has 1 aliphatic heterocycles. The van der Waals surface area contributed by atoms with Gasteiger partial charge < -0.3 is 11.1 Å². The number of carbonyl (C=O) groups is 1. The minimum absolute atomic E-state index is 0.286. The smallest absolute Gasteiger partial charge is 0.248 e. The van der Waals surface area contributed by atoms with Gasteiger partial charge >= 0.3 is 0 Å². The normalized spacial score (nSPS) is 15.7. The van der Waals surface area contributed by atoms with Gasteiger partial charge in [-0.05, 0) is 30.7 Å². The van der Waals surface area contributed by atoms with Gasteiger partial charge in [-0.1, -0.05) is 59.2 Å². The lowest BCUT2D eigenvalue weighted by Crippen LogP contribution is -2.32. The van der Waals surface area contributed by atoms with E-state index in [1.807, 2.05) is 0 Å². The van der Waals surface area contributed by atoms with Crippen molar-refractivity contribution in [3.63, 3.8) is 0 Å². The fourth-order valence-electron chi connectivity index (χ4n) is 3.28. The largest absolute Gasteiger partial charge is 0.366 e. The van der Waals surface area contributed by atoms with Crippen LogP contribution in [-0.4, -0.2) is 20.7 Å². The van der Waals surface area contributed by atoms with E-state index < -0.39 is 11.9 Å². The van der Waals surface area contributed by atoms with Crippen LogP contribution in [0.1, 0.15) is 24.1 Å². The molecule has 4 rings (SSSR count). The number of carbonyl (C=O) groups excluding carboxylic acids is 1. The molecule has 0 fully saturated rings. The fraction of sp³-hybridized carbons (Fsp3) is 0.150. The van der Waals surface area contributed by atoms with E-state index in [2.05, 4.69) is 15.4 Å². The molecule has 0 spiro atoms. The molecule has 0 bridgehead atoms. The van der Waals surface area contributed by atoms with Crippen molar-refractivity contribution in [3.05, 3.63) is 80.7 Å². The highest BCUT2D eigenvalue weighted by atomic mass is 35.5. The average Bonchev–Trinajstić information content (AvgIpc) is 3.09. The molecule has 0 aliphatic carbocycles. The summed E-state index contributed by atoms with van der Waals surface area (Å²) in [6.07, 6.45) is 0. The highest BCUT2D eigenvalue weighted by molar-refractivity contribution is 7.98. The maximum Gasteiger partial charge on any atom is 0.248 e. The Labute approximate surface area is 186 Å². The summed E-state index contributed by atoms with van der Waals surface area (Å²) < 4.78 is 15.5. The van der Waals surface area contributed by atoms with Gasteiger partial charge in [-0.2, -0.15) is 4.98 Å². The molecule has 30 heavy (non-hydrogen) atoms. The predicted octanol–water partition coefficient (Wildman–Crippen LogP) is 4.79. The number of hydrogen-bond acceptors (Lipinski definition) is 5. The first-order valence-corrected chi connectivity index (χ1v) is 10.6. The number of hydrogen-bond donors (Lipinski definition) is 2. The molecular weight excluding hydrogens is 448 g/mol. The SMILES string of the molecule is CC1=C(C(N)=O)C(c2ccc(Cl)cc2Cl)n2nc(SCc3ccccc3F)nc2N1. The van der Waals surface area contributed by atoms with Crippen LogP contribution in [0, 0.1) is 5.82 Å². The number of nitrogens with two attached hydrogens (primary N) is 1. The molecule has 1 amide bonds. The Hall–Kier alpha value is -2.55. The van der Waals surface area contributed by atoms with E-state index >= 15 is 0 Å². The van der Waals surface area contributed by atoms with Gasteiger partial charge in [0, 0.05) is 27.1 Å². The number of thioether (sulfide) groups is 1. The van der Waals surface area contributed by atoms with E-state index in [0.29, 0.717) is 49.3 Å². The number of halogens is 3. The van der Waals surface area contributed by atoms with Crippen LogP contribution < -0.4 is 11.1 Å². The molecule has 1 aliphatic rings. The van der Waals surface area contributed by atoms with Crippen LogP contribution in [0.2, 0.25) is 10.0 Å². The summed E-state index contributed by atoms with van der Waals surface area (Å²) in [6, 6.07) is 10.9. The average molecular weight is 464 g/mol. The summed E-state index contributed by atoms with van der Waals surface area (Å²) in [5.41, 5.74) is 7.71. The molecular formula is C20H16Cl2FN5OS. The number of rotatable bonds is 5. The molecule has 1 unspecified atom stereocenters.